The number of ether oxygens (including phenoxy) is 1. The van der Waals surface area contributed by atoms with Gasteiger partial charge in [-0.15, -0.1) is 0 Å². The molecule has 0 saturated heterocycles. The van der Waals surface area contributed by atoms with Crippen LogP contribution in [0.15, 0.2) is 39.2 Å². The molecule has 0 unspecified atom stereocenters. The molecule has 3 aromatic rings. The molecule has 0 aliphatic carbocycles. The third-order valence-electron chi connectivity index (χ3n) is 2.88. The van der Waals surface area contributed by atoms with Crippen LogP contribution in [0.5, 0.6) is 0 Å². The maximum atomic E-state index is 5.79. The Kier molecular flexibility index (Phi) is 3.69. The molecule has 0 saturated carbocycles. The Labute approximate surface area is 128 Å². The molecule has 0 bridgehead atoms. The lowest BCUT2D eigenvalue weighted by atomic mass is 10.2. The Morgan fingerprint density at radius 3 is 2.95 bits per heavy atom. The van der Waals surface area contributed by atoms with Crippen LogP contribution >= 0.6 is 28.1 Å². The summed E-state index contributed by atoms with van der Waals surface area (Å²) < 4.78 is 12.2. The van der Waals surface area contributed by atoms with Crippen molar-refractivity contribution in [1.82, 2.24) is 9.97 Å². The molecule has 20 heavy (non-hydrogen) atoms. The van der Waals surface area contributed by atoms with E-state index in [-0.39, 0.29) is 0 Å². The maximum absolute atomic E-state index is 5.79. The van der Waals surface area contributed by atoms with Crippen molar-refractivity contribution < 1.29 is 9.15 Å². The fraction of sp³-hybridized carbons (Fsp3) is 0.143. The monoisotopic (exact) mass is 350 g/mol. The van der Waals surface area contributed by atoms with E-state index in [9.17, 15) is 0 Å². The summed E-state index contributed by atoms with van der Waals surface area (Å²) in [4.78, 5) is 7.53. The van der Waals surface area contributed by atoms with Gasteiger partial charge in [0.2, 0.25) is 0 Å². The minimum absolute atomic E-state index is 0.417. The number of nitrogens with zero attached hydrogens (tertiary/aromatic N) is 1. The van der Waals surface area contributed by atoms with Crippen LogP contribution in [0.1, 0.15) is 5.69 Å². The lowest BCUT2D eigenvalue weighted by molar-refractivity contribution is 0.181. The summed E-state index contributed by atoms with van der Waals surface area (Å²) in [6.45, 7) is 0.417. The van der Waals surface area contributed by atoms with Crippen molar-refractivity contribution in [2.75, 3.05) is 7.11 Å². The third-order valence-corrected chi connectivity index (χ3v) is 4.29. The third kappa shape index (κ3) is 2.42. The van der Waals surface area contributed by atoms with Gasteiger partial charge in [-0.2, -0.15) is 0 Å². The average molecular weight is 351 g/mol. The van der Waals surface area contributed by atoms with Crippen molar-refractivity contribution in [3.63, 3.8) is 0 Å². The molecule has 0 spiro atoms. The molecular weight excluding hydrogens is 340 g/mol. The number of hydrogen-bond acceptors (Lipinski definition) is 4. The van der Waals surface area contributed by atoms with E-state index >= 15 is 0 Å². The van der Waals surface area contributed by atoms with E-state index < -0.39 is 0 Å². The zero-order chi connectivity index (χ0) is 14.1. The number of para-hydroxylation sites is 1. The smallest absolute Gasteiger partial charge is 0.175 e. The van der Waals surface area contributed by atoms with Crippen molar-refractivity contribution in [3.8, 4) is 11.6 Å². The fourth-order valence-corrected chi connectivity index (χ4v) is 2.48. The van der Waals surface area contributed by atoms with Crippen molar-refractivity contribution in [2.45, 2.75) is 6.61 Å². The molecule has 0 radical (unpaired) electrons. The van der Waals surface area contributed by atoms with Crippen LogP contribution in [0.4, 0.5) is 0 Å². The van der Waals surface area contributed by atoms with Gasteiger partial charge in [-0.25, -0.2) is 4.98 Å². The SMILES string of the molecule is COCc1[nH]c(-c2cc3ccccc3o2)nc(=S)c1Br. The zero-order valence-corrected chi connectivity index (χ0v) is 13.0. The van der Waals surface area contributed by atoms with Gasteiger partial charge < -0.3 is 14.1 Å². The Bertz CT molecular complexity index is 792. The summed E-state index contributed by atoms with van der Waals surface area (Å²) in [5.74, 6) is 1.25. The first-order valence-electron chi connectivity index (χ1n) is 5.95. The van der Waals surface area contributed by atoms with Gasteiger partial charge in [-0.3, -0.25) is 0 Å². The van der Waals surface area contributed by atoms with Gasteiger partial charge in [0.15, 0.2) is 11.6 Å². The number of rotatable bonds is 3. The topological polar surface area (TPSA) is 51.0 Å². The van der Waals surface area contributed by atoms with Crippen LogP contribution in [-0.2, 0) is 11.3 Å². The molecule has 3 rings (SSSR count). The van der Waals surface area contributed by atoms with E-state index in [1.807, 2.05) is 30.3 Å². The molecule has 4 nitrogen and oxygen atoms in total. The summed E-state index contributed by atoms with van der Waals surface area (Å²) >= 11 is 8.66. The summed E-state index contributed by atoms with van der Waals surface area (Å²) in [5, 5.41) is 1.03. The zero-order valence-electron chi connectivity index (χ0n) is 10.6. The van der Waals surface area contributed by atoms with Crippen LogP contribution in [0.3, 0.4) is 0 Å². The molecule has 0 aliphatic rings. The van der Waals surface area contributed by atoms with Crippen LogP contribution < -0.4 is 0 Å². The van der Waals surface area contributed by atoms with Gasteiger partial charge in [0.25, 0.3) is 0 Å². The normalized spacial score (nSPS) is 11.1. The second-order valence-corrected chi connectivity index (χ2v) is 5.44. The number of fused-ring (bicyclic) bond motifs is 1. The minimum Gasteiger partial charge on any atom is -0.453 e. The highest BCUT2D eigenvalue weighted by atomic mass is 79.9. The fourth-order valence-electron chi connectivity index (χ4n) is 1.96. The molecule has 0 aliphatic heterocycles. The Hall–Kier alpha value is -1.50. The Balaban J connectivity index is 2.16. The number of benzene rings is 1. The average Bonchev–Trinajstić information content (AvgIpc) is 2.87. The number of nitrogens with one attached hydrogen (secondary N) is 1. The second kappa shape index (κ2) is 5.47. The van der Waals surface area contributed by atoms with Gasteiger partial charge >= 0.3 is 0 Å². The summed E-state index contributed by atoms with van der Waals surface area (Å²) in [6.07, 6.45) is 0. The molecule has 0 amide bonds. The second-order valence-electron chi connectivity index (χ2n) is 4.26. The molecule has 1 aromatic carbocycles. The predicted molar refractivity (Wildman–Crippen MR) is 83.0 cm³/mol. The standard InChI is InChI=1S/C14H11BrN2O2S/c1-18-7-9-12(15)14(20)17-13(16-9)11-6-8-4-2-3-5-10(8)19-11/h2-6H,7H2,1H3,(H,16,17,20). The highest BCUT2D eigenvalue weighted by Crippen LogP contribution is 2.27. The van der Waals surface area contributed by atoms with Gasteiger partial charge in [-0.05, 0) is 28.1 Å². The number of H-pyrrole nitrogens is 1. The van der Waals surface area contributed by atoms with Gasteiger partial charge in [0.1, 0.15) is 10.2 Å². The summed E-state index contributed by atoms with van der Waals surface area (Å²) in [7, 11) is 1.63. The molecule has 2 aromatic heterocycles. The van der Waals surface area contributed by atoms with Gasteiger partial charge in [0, 0.05) is 12.5 Å². The van der Waals surface area contributed by atoms with E-state index in [1.165, 1.54) is 0 Å². The van der Waals surface area contributed by atoms with E-state index in [0.717, 1.165) is 21.1 Å². The van der Waals surface area contributed by atoms with Crippen molar-refractivity contribution >= 4 is 39.1 Å². The number of hydrogen-bond donors (Lipinski definition) is 1. The first-order chi connectivity index (χ1) is 9.69. The number of halogens is 1. The highest BCUT2D eigenvalue weighted by molar-refractivity contribution is 9.10. The van der Waals surface area contributed by atoms with Crippen LogP contribution in [0.2, 0.25) is 0 Å². The molecule has 0 atom stereocenters. The molecule has 6 heteroatoms. The first-order valence-corrected chi connectivity index (χ1v) is 7.15. The maximum Gasteiger partial charge on any atom is 0.175 e. The number of aromatic nitrogens is 2. The van der Waals surface area contributed by atoms with Crippen LogP contribution in [0, 0.1) is 4.64 Å². The van der Waals surface area contributed by atoms with Crippen molar-refractivity contribution in [2.24, 2.45) is 0 Å². The van der Waals surface area contributed by atoms with E-state index in [2.05, 4.69) is 25.9 Å². The number of furan rings is 1. The molecule has 2 heterocycles. The molecular formula is C14H11BrN2O2S. The number of aromatic amines is 1. The molecule has 0 fully saturated rings. The van der Waals surface area contributed by atoms with E-state index in [4.69, 9.17) is 21.4 Å². The van der Waals surface area contributed by atoms with Crippen molar-refractivity contribution in [1.29, 1.82) is 0 Å². The summed E-state index contributed by atoms with van der Waals surface area (Å²) in [5.41, 5.74) is 1.66. The highest BCUT2D eigenvalue weighted by Gasteiger charge is 2.11. The van der Waals surface area contributed by atoms with Gasteiger partial charge in [0.05, 0.1) is 16.8 Å². The van der Waals surface area contributed by atoms with Crippen LogP contribution in [-0.4, -0.2) is 17.1 Å². The van der Waals surface area contributed by atoms with Crippen molar-refractivity contribution in [3.05, 3.63) is 45.1 Å². The van der Waals surface area contributed by atoms with Gasteiger partial charge in [-0.1, -0.05) is 30.4 Å². The molecule has 1 N–H and O–H groups in total. The lowest BCUT2D eigenvalue weighted by Gasteiger charge is -2.05. The largest absolute Gasteiger partial charge is 0.453 e. The lowest BCUT2D eigenvalue weighted by Crippen LogP contribution is -1.99. The van der Waals surface area contributed by atoms with Crippen LogP contribution in [0.25, 0.3) is 22.6 Å². The van der Waals surface area contributed by atoms with E-state index in [0.29, 0.717) is 22.8 Å². The van der Waals surface area contributed by atoms with E-state index in [1.54, 1.807) is 7.11 Å². The summed E-state index contributed by atoms with van der Waals surface area (Å²) in [6, 6.07) is 9.75. The minimum atomic E-state index is 0.417. The predicted octanol–water partition coefficient (Wildman–Crippen LogP) is 4.46. The Morgan fingerprint density at radius 1 is 1.40 bits per heavy atom. The quantitative estimate of drug-likeness (QED) is 0.708. The Morgan fingerprint density at radius 2 is 2.20 bits per heavy atom. The molecule has 102 valence electrons. The first kappa shape index (κ1) is 13.5. The number of methoxy groups -OCH3 is 1.